The Bertz CT molecular complexity index is 1290. The van der Waals surface area contributed by atoms with E-state index in [4.69, 9.17) is 9.15 Å². The van der Waals surface area contributed by atoms with Crippen LogP contribution < -0.4 is 0 Å². The highest BCUT2D eigenvalue weighted by Crippen LogP contribution is 2.40. The maximum atomic E-state index is 12.3. The maximum absolute atomic E-state index is 12.3. The van der Waals surface area contributed by atoms with Crippen molar-refractivity contribution < 1.29 is 19.1 Å². The molecule has 1 N–H and O–H groups in total. The van der Waals surface area contributed by atoms with Crippen molar-refractivity contribution in [3.63, 3.8) is 0 Å². The van der Waals surface area contributed by atoms with Gasteiger partial charge in [0.15, 0.2) is 11.5 Å². The number of benzene rings is 2. The van der Waals surface area contributed by atoms with Crippen LogP contribution in [0, 0.1) is 0 Å². The highest BCUT2D eigenvalue weighted by atomic mass is 16.6. The highest BCUT2D eigenvalue weighted by Gasteiger charge is 2.26. The van der Waals surface area contributed by atoms with Crippen LogP contribution in [0.5, 0.6) is 5.75 Å². The van der Waals surface area contributed by atoms with Crippen LogP contribution in [0.2, 0.25) is 0 Å². The van der Waals surface area contributed by atoms with E-state index in [0.717, 1.165) is 29.9 Å². The Hall–Kier alpha value is -3.65. The van der Waals surface area contributed by atoms with E-state index in [1.165, 1.54) is 0 Å². The molecule has 176 valence electrons. The first kappa shape index (κ1) is 22.2. The second-order valence-corrected chi connectivity index (χ2v) is 9.60. The lowest BCUT2D eigenvalue weighted by Gasteiger charge is -2.35. The number of aromatic hydroxyl groups is 1. The number of para-hydroxylation sites is 1. The minimum Gasteiger partial charge on any atom is -0.504 e. The van der Waals surface area contributed by atoms with Crippen molar-refractivity contribution in [2.75, 3.05) is 26.2 Å². The third-order valence-corrected chi connectivity index (χ3v) is 5.93. The molecule has 1 amide bonds. The number of piperazine rings is 1. The van der Waals surface area contributed by atoms with Gasteiger partial charge in [0.1, 0.15) is 11.2 Å². The van der Waals surface area contributed by atoms with Crippen molar-refractivity contribution in [2.45, 2.75) is 32.9 Å². The second-order valence-electron chi connectivity index (χ2n) is 9.60. The summed E-state index contributed by atoms with van der Waals surface area (Å²) >= 11 is 0. The van der Waals surface area contributed by atoms with E-state index in [1.807, 2.05) is 63.2 Å². The van der Waals surface area contributed by atoms with Crippen molar-refractivity contribution in [3.05, 3.63) is 59.4 Å². The number of furan rings is 1. The molecule has 3 heterocycles. The summed E-state index contributed by atoms with van der Waals surface area (Å²) in [5.74, 6) is 0.460. The molecule has 1 aromatic heterocycles. The second kappa shape index (κ2) is 8.61. The van der Waals surface area contributed by atoms with E-state index in [2.05, 4.69) is 15.1 Å². The van der Waals surface area contributed by atoms with Crippen LogP contribution >= 0.6 is 0 Å². The largest absolute Gasteiger partial charge is 0.504 e. The molecule has 0 radical (unpaired) electrons. The summed E-state index contributed by atoms with van der Waals surface area (Å²) in [4.78, 5) is 16.4. The van der Waals surface area contributed by atoms with Crippen LogP contribution in [-0.4, -0.2) is 52.8 Å². The van der Waals surface area contributed by atoms with Crippen LogP contribution in [-0.2, 0) is 11.3 Å². The third-order valence-electron chi connectivity index (χ3n) is 5.93. The first-order valence-electron chi connectivity index (χ1n) is 11.4. The molecule has 8 heteroatoms. The van der Waals surface area contributed by atoms with Gasteiger partial charge in [-0.15, -0.1) is 10.2 Å². The Morgan fingerprint density at radius 3 is 2.62 bits per heavy atom. The number of rotatable bonds is 3. The zero-order chi connectivity index (χ0) is 23.9. The Kier molecular flexibility index (Phi) is 5.61. The van der Waals surface area contributed by atoms with Gasteiger partial charge in [-0.2, -0.15) is 0 Å². The van der Waals surface area contributed by atoms with Gasteiger partial charge in [-0.1, -0.05) is 30.3 Å². The third kappa shape index (κ3) is 4.41. The standard InChI is InChI=1S/C26H28N4O4/c1-26(2,3)34-25(32)30-13-11-29(12-14-30)16-17-7-6-9-19-23(31)22(33-24(17)19)15-21-18-8-4-5-10-20(18)27-28-21/h4-10,15,31H,11-14,16H2,1-3H3. The highest BCUT2D eigenvalue weighted by molar-refractivity contribution is 5.94. The SMILES string of the molecule is CC(C)(C)OC(=O)N1CCN(Cc2cccc3c(O)c(C=C4N=Nc5ccccc54)oc23)CC1. The summed E-state index contributed by atoms with van der Waals surface area (Å²) in [6, 6.07) is 13.5. The number of hydrogen-bond donors (Lipinski definition) is 1. The van der Waals surface area contributed by atoms with E-state index in [0.29, 0.717) is 42.1 Å². The zero-order valence-corrected chi connectivity index (χ0v) is 19.6. The molecule has 1 fully saturated rings. The predicted octanol–water partition coefficient (Wildman–Crippen LogP) is 5.79. The molecular formula is C26H28N4O4. The van der Waals surface area contributed by atoms with Crippen LogP contribution in [0.1, 0.15) is 37.7 Å². The van der Waals surface area contributed by atoms with E-state index in [9.17, 15) is 9.90 Å². The number of ether oxygens (including phenoxy) is 1. The Morgan fingerprint density at radius 2 is 1.85 bits per heavy atom. The summed E-state index contributed by atoms with van der Waals surface area (Å²) in [5, 5.41) is 19.9. The number of fused-ring (bicyclic) bond motifs is 2. The molecule has 3 aromatic rings. The van der Waals surface area contributed by atoms with Gasteiger partial charge >= 0.3 is 6.09 Å². The maximum Gasteiger partial charge on any atom is 0.410 e. The summed E-state index contributed by atoms with van der Waals surface area (Å²) in [7, 11) is 0. The molecule has 2 aliphatic heterocycles. The minimum atomic E-state index is -0.500. The summed E-state index contributed by atoms with van der Waals surface area (Å²) in [5.41, 5.74) is 3.51. The van der Waals surface area contributed by atoms with Crippen molar-refractivity contribution >= 4 is 34.5 Å². The van der Waals surface area contributed by atoms with Gasteiger partial charge < -0.3 is 19.2 Å². The molecule has 1 saturated heterocycles. The average Bonchev–Trinajstić information content (AvgIpc) is 3.35. The average molecular weight is 461 g/mol. The van der Waals surface area contributed by atoms with Crippen LogP contribution in [0.15, 0.2) is 57.1 Å². The van der Waals surface area contributed by atoms with Crippen LogP contribution in [0.3, 0.4) is 0 Å². The van der Waals surface area contributed by atoms with Crippen molar-refractivity contribution in [2.24, 2.45) is 10.2 Å². The van der Waals surface area contributed by atoms with Gasteiger partial charge in [0.25, 0.3) is 0 Å². The van der Waals surface area contributed by atoms with Gasteiger partial charge in [-0.25, -0.2) is 4.79 Å². The van der Waals surface area contributed by atoms with Gasteiger partial charge in [0.05, 0.1) is 16.8 Å². The lowest BCUT2D eigenvalue weighted by atomic mass is 10.1. The molecule has 2 aromatic carbocycles. The lowest BCUT2D eigenvalue weighted by Crippen LogP contribution is -2.49. The fourth-order valence-corrected chi connectivity index (χ4v) is 4.23. The smallest absolute Gasteiger partial charge is 0.410 e. The normalized spacial score (nSPS) is 17.5. The molecule has 5 rings (SSSR count). The Labute approximate surface area is 198 Å². The molecule has 0 bridgehead atoms. The molecule has 34 heavy (non-hydrogen) atoms. The molecule has 2 aliphatic rings. The Morgan fingerprint density at radius 1 is 1.09 bits per heavy atom. The molecule has 0 spiro atoms. The number of amides is 1. The first-order chi connectivity index (χ1) is 16.3. The minimum absolute atomic E-state index is 0.0960. The van der Waals surface area contributed by atoms with Crippen molar-refractivity contribution in [3.8, 4) is 5.75 Å². The topological polar surface area (TPSA) is 90.9 Å². The monoisotopic (exact) mass is 460 g/mol. The number of azo groups is 1. The lowest BCUT2D eigenvalue weighted by molar-refractivity contribution is 0.0139. The zero-order valence-electron chi connectivity index (χ0n) is 19.6. The fraction of sp³-hybridized carbons (Fsp3) is 0.346. The Balaban J connectivity index is 1.33. The van der Waals surface area contributed by atoms with Gasteiger partial charge in [-0.05, 0) is 32.9 Å². The molecule has 0 atom stereocenters. The predicted molar refractivity (Wildman–Crippen MR) is 130 cm³/mol. The summed E-state index contributed by atoms with van der Waals surface area (Å²) in [6.45, 7) is 8.96. The first-order valence-corrected chi connectivity index (χ1v) is 11.4. The molecule has 0 aliphatic carbocycles. The quantitative estimate of drug-likeness (QED) is 0.534. The molecule has 0 unspecified atom stereocenters. The van der Waals surface area contributed by atoms with E-state index in [1.54, 1.807) is 11.0 Å². The molecule has 0 saturated carbocycles. The number of carbonyl (C=O) groups is 1. The van der Waals surface area contributed by atoms with Crippen LogP contribution in [0.4, 0.5) is 10.5 Å². The van der Waals surface area contributed by atoms with E-state index < -0.39 is 5.60 Å². The van der Waals surface area contributed by atoms with Crippen molar-refractivity contribution in [1.82, 2.24) is 9.80 Å². The number of hydrogen-bond acceptors (Lipinski definition) is 7. The summed E-state index contributed by atoms with van der Waals surface area (Å²) < 4.78 is 11.6. The van der Waals surface area contributed by atoms with Crippen LogP contribution in [0.25, 0.3) is 22.7 Å². The van der Waals surface area contributed by atoms with E-state index in [-0.39, 0.29) is 11.8 Å². The van der Waals surface area contributed by atoms with Gasteiger partial charge in [0.2, 0.25) is 0 Å². The van der Waals surface area contributed by atoms with Gasteiger partial charge in [0, 0.05) is 49.9 Å². The summed E-state index contributed by atoms with van der Waals surface area (Å²) in [6.07, 6.45) is 1.46. The molecular weight excluding hydrogens is 432 g/mol. The van der Waals surface area contributed by atoms with E-state index >= 15 is 0 Å². The fourth-order valence-electron chi connectivity index (χ4n) is 4.23. The van der Waals surface area contributed by atoms with Crippen molar-refractivity contribution in [1.29, 1.82) is 0 Å². The number of nitrogens with zero attached hydrogens (tertiary/aromatic N) is 4. The molecule has 8 nitrogen and oxygen atoms in total. The van der Waals surface area contributed by atoms with Gasteiger partial charge in [-0.3, -0.25) is 4.90 Å². The number of carbonyl (C=O) groups excluding carboxylic acids is 1.